The van der Waals surface area contributed by atoms with Crippen molar-refractivity contribution in [3.05, 3.63) is 47.5 Å². The van der Waals surface area contributed by atoms with Gasteiger partial charge < -0.3 is 41.1 Å². The third-order valence-electron chi connectivity index (χ3n) is 8.62. The van der Waals surface area contributed by atoms with Gasteiger partial charge in [0.15, 0.2) is 11.6 Å². The number of ketones is 3. The summed E-state index contributed by atoms with van der Waals surface area (Å²) < 4.78 is 12.1. The average Bonchev–Trinajstić information content (AvgIpc) is 3.09. The van der Waals surface area contributed by atoms with Crippen LogP contribution in [-0.4, -0.2) is 85.2 Å². The van der Waals surface area contributed by atoms with Crippen LogP contribution in [0.5, 0.6) is 11.5 Å². The van der Waals surface area contributed by atoms with E-state index < -0.39 is 41.5 Å². The van der Waals surface area contributed by atoms with Crippen molar-refractivity contribution in [1.29, 1.82) is 5.26 Å². The van der Waals surface area contributed by atoms with E-state index in [1.54, 1.807) is 37.3 Å². The second kappa shape index (κ2) is 19.5. The van der Waals surface area contributed by atoms with E-state index in [1.807, 2.05) is 12.1 Å². The molecule has 2 amide bonds. The predicted molar refractivity (Wildman–Crippen MR) is 186 cm³/mol. The zero-order valence-corrected chi connectivity index (χ0v) is 29.1. The first-order valence-electron chi connectivity index (χ1n) is 17.0. The number of nitrogens with zero attached hydrogens (tertiary/aromatic N) is 2. The highest BCUT2D eigenvalue weighted by atomic mass is 16.5. The molecule has 4 atom stereocenters. The van der Waals surface area contributed by atoms with Gasteiger partial charge >= 0.3 is 0 Å². The number of benzene rings is 2. The fourth-order valence-corrected chi connectivity index (χ4v) is 6.12. The summed E-state index contributed by atoms with van der Waals surface area (Å²) in [5.41, 5.74) is 13.8. The van der Waals surface area contributed by atoms with E-state index in [9.17, 15) is 29.1 Å². The summed E-state index contributed by atoms with van der Waals surface area (Å²) in [6.45, 7) is 3.63. The number of carbonyl (C=O) groups excluding carboxylic acids is 5. The minimum absolute atomic E-state index is 0.0179. The third-order valence-corrected chi connectivity index (χ3v) is 8.62. The van der Waals surface area contributed by atoms with Gasteiger partial charge in [-0.15, -0.1) is 0 Å². The molecule has 0 saturated carbocycles. The van der Waals surface area contributed by atoms with Crippen molar-refractivity contribution in [3.63, 3.8) is 0 Å². The van der Waals surface area contributed by atoms with E-state index in [0.717, 1.165) is 0 Å². The summed E-state index contributed by atoms with van der Waals surface area (Å²) in [4.78, 5) is 68.5. The number of likely N-dealkylation sites (N-methyl/N-ethyl adjacent to an activating group) is 1. The lowest BCUT2D eigenvalue weighted by atomic mass is 9.88. The largest absolute Gasteiger partial charge is 0.492 e. The first-order chi connectivity index (χ1) is 23.9. The molecule has 1 aliphatic rings. The third kappa shape index (κ3) is 10.7. The van der Waals surface area contributed by atoms with Crippen LogP contribution in [0, 0.1) is 23.2 Å². The molecule has 2 aromatic rings. The number of nitrogens with two attached hydrogens (primary N) is 2. The lowest BCUT2D eigenvalue weighted by Crippen LogP contribution is -2.45. The van der Waals surface area contributed by atoms with Gasteiger partial charge in [-0.25, -0.2) is 0 Å². The molecule has 0 radical (unpaired) electrons. The zero-order chi connectivity index (χ0) is 36.8. The van der Waals surface area contributed by atoms with E-state index in [4.69, 9.17) is 26.2 Å². The molecular formula is C37H49N5O8. The molecule has 3 rings (SSSR count). The minimum Gasteiger partial charge on any atom is -0.492 e. The van der Waals surface area contributed by atoms with Crippen LogP contribution in [0.2, 0.25) is 0 Å². The summed E-state index contributed by atoms with van der Waals surface area (Å²) in [5, 5.41) is 21.4. The number of Topliss-reactive ketones (excluding diaryl/α,β-unsaturated/α-hetero) is 3. The van der Waals surface area contributed by atoms with Crippen molar-refractivity contribution in [2.24, 2.45) is 23.3 Å². The molecule has 0 aliphatic carbocycles. The Labute approximate surface area is 293 Å². The van der Waals surface area contributed by atoms with Crippen molar-refractivity contribution in [2.45, 2.75) is 70.9 Å². The van der Waals surface area contributed by atoms with Gasteiger partial charge in [0.25, 0.3) is 0 Å². The van der Waals surface area contributed by atoms with Crippen LogP contribution in [0.4, 0.5) is 0 Å². The lowest BCUT2D eigenvalue weighted by molar-refractivity contribution is -0.143. The van der Waals surface area contributed by atoms with Gasteiger partial charge in [-0.05, 0) is 61.6 Å². The van der Waals surface area contributed by atoms with E-state index in [0.29, 0.717) is 40.2 Å². The number of carbonyl (C=O) groups is 5. The number of amides is 2. The van der Waals surface area contributed by atoms with Gasteiger partial charge in [0.1, 0.15) is 36.5 Å². The molecular weight excluding hydrogens is 642 g/mol. The van der Waals surface area contributed by atoms with Crippen LogP contribution in [0.3, 0.4) is 0 Å². The monoisotopic (exact) mass is 691 g/mol. The first kappa shape index (κ1) is 39.8. The first-order valence-corrected chi connectivity index (χ1v) is 17.0. The quantitative estimate of drug-likeness (QED) is 0.200. The minimum atomic E-state index is -1.17. The number of ether oxygens (including phenoxy) is 2. The number of hydrogen-bond donors (Lipinski definition) is 4. The molecule has 13 nitrogen and oxygen atoms in total. The molecule has 0 saturated heterocycles. The Kier molecular flexibility index (Phi) is 15.5. The van der Waals surface area contributed by atoms with Crippen molar-refractivity contribution in [3.8, 4) is 28.7 Å². The molecule has 0 fully saturated rings. The molecule has 270 valence electrons. The van der Waals surface area contributed by atoms with Crippen LogP contribution in [-0.2, 0) is 30.4 Å². The number of rotatable bonds is 16. The summed E-state index contributed by atoms with van der Waals surface area (Å²) in [6.07, 6.45) is 0.243. The predicted octanol–water partition coefficient (Wildman–Crippen LogP) is 2.40. The molecule has 6 N–H and O–H groups in total. The Bertz CT molecular complexity index is 1570. The second-order valence-corrected chi connectivity index (χ2v) is 12.6. The number of nitrogens with one attached hydrogen (secondary N) is 1. The number of hydrogen-bond acceptors (Lipinski definition) is 11. The Morgan fingerprint density at radius 2 is 1.68 bits per heavy atom. The Morgan fingerprint density at radius 1 is 1.04 bits per heavy atom. The van der Waals surface area contributed by atoms with Crippen LogP contribution >= 0.6 is 0 Å². The van der Waals surface area contributed by atoms with Crippen LogP contribution < -0.4 is 26.3 Å². The van der Waals surface area contributed by atoms with Gasteiger partial charge in [-0.3, -0.25) is 19.2 Å². The number of fused-ring (bicyclic) bond motifs is 5. The smallest absolute Gasteiger partial charge is 0.226 e. The van der Waals surface area contributed by atoms with Crippen LogP contribution in [0.25, 0.3) is 11.1 Å². The fraction of sp³-hybridized carbons (Fsp3) is 0.514. The zero-order valence-electron chi connectivity index (χ0n) is 29.1. The van der Waals surface area contributed by atoms with Crippen LogP contribution in [0.1, 0.15) is 69.5 Å². The summed E-state index contributed by atoms with van der Waals surface area (Å²) in [6, 6.07) is 10.3. The lowest BCUT2D eigenvalue weighted by Gasteiger charge is -2.32. The molecule has 0 aromatic heterocycles. The molecule has 1 heterocycles. The maximum absolute atomic E-state index is 14.3. The maximum Gasteiger partial charge on any atom is 0.226 e. The Balaban J connectivity index is 2.30. The van der Waals surface area contributed by atoms with E-state index in [-0.39, 0.29) is 83.0 Å². The van der Waals surface area contributed by atoms with Crippen molar-refractivity contribution in [1.82, 2.24) is 10.2 Å². The highest BCUT2D eigenvalue weighted by Crippen LogP contribution is 2.40. The topological polar surface area (TPSA) is 215 Å². The second-order valence-electron chi connectivity index (χ2n) is 12.6. The molecule has 2 aromatic carbocycles. The highest BCUT2D eigenvalue weighted by Gasteiger charge is 2.35. The molecule has 13 heteroatoms. The molecule has 50 heavy (non-hydrogen) atoms. The molecule has 0 spiro atoms. The summed E-state index contributed by atoms with van der Waals surface area (Å²) in [7, 11) is 1.49. The number of aliphatic hydroxyl groups is 1. The van der Waals surface area contributed by atoms with Crippen molar-refractivity contribution < 1.29 is 38.6 Å². The van der Waals surface area contributed by atoms with Gasteiger partial charge in [0.05, 0.1) is 12.1 Å². The van der Waals surface area contributed by atoms with Gasteiger partial charge in [-0.1, -0.05) is 19.1 Å². The van der Waals surface area contributed by atoms with Gasteiger partial charge in [0, 0.05) is 75.4 Å². The molecule has 0 unspecified atom stereocenters. The van der Waals surface area contributed by atoms with E-state index >= 15 is 0 Å². The Hall–Kier alpha value is -4.64. The summed E-state index contributed by atoms with van der Waals surface area (Å²) in [5.74, 6) is -2.71. The van der Waals surface area contributed by atoms with Crippen molar-refractivity contribution in [2.75, 3.05) is 40.0 Å². The van der Waals surface area contributed by atoms with E-state index in [2.05, 4.69) is 5.32 Å². The normalized spacial score (nSPS) is 18.2. The van der Waals surface area contributed by atoms with Gasteiger partial charge in [0.2, 0.25) is 11.8 Å². The molecule has 1 aliphatic heterocycles. The molecule has 4 bridgehead atoms. The SMILES string of the molecule is CC(=O)C[C@@H](CCCO)C(=O)N(C)[C@@H]1C(=O)C[C@@H](C)C(=O)N[C@H](C(=O)CCC#N)Cc2ccc(OCCN)c(c2)-c2cc1ccc2OCCN. The number of nitriles is 1. The van der Waals surface area contributed by atoms with E-state index in [1.165, 1.54) is 18.9 Å². The Morgan fingerprint density at radius 3 is 2.28 bits per heavy atom. The number of aliphatic hydroxyl groups excluding tert-OH is 1. The summed E-state index contributed by atoms with van der Waals surface area (Å²) >= 11 is 0. The average molecular weight is 692 g/mol. The maximum atomic E-state index is 14.3. The van der Waals surface area contributed by atoms with Gasteiger partial charge in [-0.2, -0.15) is 5.26 Å². The van der Waals surface area contributed by atoms with Crippen molar-refractivity contribution >= 4 is 29.2 Å². The van der Waals surface area contributed by atoms with Crippen LogP contribution in [0.15, 0.2) is 36.4 Å². The fourth-order valence-electron chi connectivity index (χ4n) is 6.12. The standard InChI is InChI=1S/C37H49N5O8/c1-23-18-32(46)35(42(3)37(48)27(6-5-15-43)19-24(2)44)26-9-11-34(50-17-14-40)29(22-26)28-20-25(8-10-33(28)49-16-13-39)21-30(41-36(23)47)31(45)7-4-12-38/h8-11,20,22-23,27,30,35,43H,4-7,13-19,21,39-40H2,1-3H3,(H,41,47)/t23-,27-,30+,35+/m1/s1. The highest BCUT2D eigenvalue weighted by molar-refractivity contribution is 5.96.